The van der Waals surface area contributed by atoms with E-state index in [0.717, 1.165) is 6.07 Å². The second-order valence-electron chi connectivity index (χ2n) is 4.65. The number of hydrogen-bond acceptors (Lipinski definition) is 3. The number of halogens is 2. The van der Waals surface area contributed by atoms with Crippen molar-refractivity contribution in [1.82, 2.24) is 10.2 Å². The van der Waals surface area contributed by atoms with Gasteiger partial charge in [-0.05, 0) is 44.8 Å². The second-order valence-corrected chi connectivity index (χ2v) is 4.65. The summed E-state index contributed by atoms with van der Waals surface area (Å²) in [5.74, 6) is -1.12. The predicted octanol–water partition coefficient (Wildman–Crippen LogP) is 1.02. The number of aliphatic hydroxyl groups is 1. The summed E-state index contributed by atoms with van der Waals surface area (Å²) in [6.07, 6.45) is 0.0906. The summed E-state index contributed by atoms with van der Waals surface area (Å²) in [5, 5.41) is 12.6. The SMILES string of the molecule is CN(C)CC(O)CNCCc1cc(F)cc(F)c1. The monoisotopic (exact) mass is 258 g/mol. The Labute approximate surface area is 106 Å². The number of hydrogen-bond donors (Lipinski definition) is 2. The van der Waals surface area contributed by atoms with Gasteiger partial charge < -0.3 is 15.3 Å². The van der Waals surface area contributed by atoms with Gasteiger partial charge in [0.25, 0.3) is 0 Å². The molecule has 0 aliphatic heterocycles. The van der Waals surface area contributed by atoms with Gasteiger partial charge in [-0.2, -0.15) is 0 Å². The Morgan fingerprint density at radius 3 is 2.39 bits per heavy atom. The van der Waals surface area contributed by atoms with Crippen LogP contribution in [-0.4, -0.2) is 49.8 Å². The molecular weight excluding hydrogens is 238 g/mol. The molecule has 0 aliphatic carbocycles. The first-order chi connectivity index (χ1) is 8.47. The zero-order valence-corrected chi connectivity index (χ0v) is 10.8. The maximum Gasteiger partial charge on any atom is 0.126 e. The third kappa shape index (κ3) is 6.05. The van der Waals surface area contributed by atoms with Gasteiger partial charge in [-0.1, -0.05) is 0 Å². The van der Waals surface area contributed by atoms with E-state index in [2.05, 4.69) is 5.32 Å². The van der Waals surface area contributed by atoms with Crippen LogP contribution in [0.4, 0.5) is 8.78 Å². The molecule has 0 saturated heterocycles. The minimum Gasteiger partial charge on any atom is -0.390 e. The van der Waals surface area contributed by atoms with Crippen molar-refractivity contribution in [3.8, 4) is 0 Å². The Balaban J connectivity index is 2.25. The summed E-state index contributed by atoms with van der Waals surface area (Å²) < 4.78 is 25.8. The van der Waals surface area contributed by atoms with E-state index in [0.29, 0.717) is 31.6 Å². The molecule has 0 fully saturated rings. The van der Waals surface area contributed by atoms with Gasteiger partial charge in [0.1, 0.15) is 11.6 Å². The highest BCUT2D eigenvalue weighted by atomic mass is 19.1. The first-order valence-electron chi connectivity index (χ1n) is 5.96. The first-order valence-corrected chi connectivity index (χ1v) is 5.96. The molecule has 0 heterocycles. The fraction of sp³-hybridized carbons (Fsp3) is 0.538. The molecule has 18 heavy (non-hydrogen) atoms. The number of aliphatic hydroxyl groups excluding tert-OH is 1. The van der Waals surface area contributed by atoms with Gasteiger partial charge in [-0.3, -0.25) is 0 Å². The summed E-state index contributed by atoms with van der Waals surface area (Å²) in [4.78, 5) is 1.90. The lowest BCUT2D eigenvalue weighted by Crippen LogP contribution is -2.35. The zero-order valence-electron chi connectivity index (χ0n) is 10.8. The van der Waals surface area contributed by atoms with Crippen molar-refractivity contribution >= 4 is 0 Å². The molecule has 1 aromatic carbocycles. The van der Waals surface area contributed by atoms with E-state index in [1.165, 1.54) is 12.1 Å². The van der Waals surface area contributed by atoms with E-state index in [-0.39, 0.29) is 0 Å². The van der Waals surface area contributed by atoms with E-state index in [4.69, 9.17) is 0 Å². The minimum atomic E-state index is -0.558. The molecule has 2 N–H and O–H groups in total. The minimum absolute atomic E-state index is 0.441. The predicted molar refractivity (Wildman–Crippen MR) is 67.5 cm³/mol. The number of likely N-dealkylation sites (N-methyl/N-ethyl adjacent to an activating group) is 1. The molecule has 1 unspecified atom stereocenters. The van der Waals surface area contributed by atoms with Crippen molar-refractivity contribution in [2.75, 3.05) is 33.7 Å². The average molecular weight is 258 g/mol. The zero-order chi connectivity index (χ0) is 13.5. The van der Waals surface area contributed by atoms with Crippen LogP contribution >= 0.6 is 0 Å². The molecule has 0 bridgehead atoms. The first kappa shape index (κ1) is 15.0. The molecular formula is C13H20F2N2O. The van der Waals surface area contributed by atoms with Crippen LogP contribution in [-0.2, 0) is 6.42 Å². The van der Waals surface area contributed by atoms with Gasteiger partial charge in [-0.15, -0.1) is 0 Å². The van der Waals surface area contributed by atoms with Crippen molar-refractivity contribution in [3.05, 3.63) is 35.4 Å². The molecule has 3 nitrogen and oxygen atoms in total. The van der Waals surface area contributed by atoms with Crippen molar-refractivity contribution in [3.63, 3.8) is 0 Å². The molecule has 102 valence electrons. The topological polar surface area (TPSA) is 35.5 Å². The van der Waals surface area contributed by atoms with Crippen LogP contribution in [0.25, 0.3) is 0 Å². The number of nitrogens with one attached hydrogen (secondary N) is 1. The molecule has 1 aromatic rings. The van der Waals surface area contributed by atoms with E-state index in [1.54, 1.807) is 0 Å². The lowest BCUT2D eigenvalue weighted by atomic mass is 10.1. The maximum absolute atomic E-state index is 12.9. The van der Waals surface area contributed by atoms with Crippen LogP contribution in [0.1, 0.15) is 5.56 Å². The van der Waals surface area contributed by atoms with Crippen LogP contribution in [0, 0.1) is 11.6 Å². The van der Waals surface area contributed by atoms with E-state index < -0.39 is 17.7 Å². The van der Waals surface area contributed by atoms with Gasteiger partial charge in [0.05, 0.1) is 6.10 Å². The average Bonchev–Trinajstić information content (AvgIpc) is 2.22. The van der Waals surface area contributed by atoms with Gasteiger partial charge >= 0.3 is 0 Å². The van der Waals surface area contributed by atoms with Crippen molar-refractivity contribution in [2.45, 2.75) is 12.5 Å². The smallest absolute Gasteiger partial charge is 0.126 e. The highest BCUT2D eigenvalue weighted by molar-refractivity contribution is 5.18. The molecule has 0 aromatic heterocycles. The van der Waals surface area contributed by atoms with Gasteiger partial charge in [-0.25, -0.2) is 8.78 Å². The Kier molecular flexibility index (Phi) is 6.18. The standard InChI is InChI=1S/C13H20F2N2O/c1-17(2)9-13(18)8-16-4-3-10-5-11(14)7-12(15)6-10/h5-7,13,16,18H,3-4,8-9H2,1-2H3. The normalized spacial score (nSPS) is 13.0. The molecule has 1 rings (SSSR count). The fourth-order valence-corrected chi connectivity index (χ4v) is 1.74. The van der Waals surface area contributed by atoms with Gasteiger partial charge in [0.15, 0.2) is 0 Å². The maximum atomic E-state index is 12.9. The summed E-state index contributed by atoms with van der Waals surface area (Å²) in [6.45, 7) is 1.63. The number of benzene rings is 1. The molecule has 0 aliphatic rings. The Morgan fingerprint density at radius 2 is 1.83 bits per heavy atom. The Bertz CT molecular complexity index is 352. The Morgan fingerprint density at radius 1 is 1.22 bits per heavy atom. The highest BCUT2D eigenvalue weighted by Crippen LogP contribution is 2.07. The van der Waals surface area contributed by atoms with E-state index in [1.807, 2.05) is 19.0 Å². The quantitative estimate of drug-likeness (QED) is 0.717. The lowest BCUT2D eigenvalue weighted by molar-refractivity contribution is 0.135. The summed E-state index contributed by atoms with van der Waals surface area (Å²) in [6, 6.07) is 3.50. The number of nitrogens with zero attached hydrogens (tertiary/aromatic N) is 1. The largest absolute Gasteiger partial charge is 0.390 e. The van der Waals surface area contributed by atoms with Gasteiger partial charge in [0.2, 0.25) is 0 Å². The molecule has 0 saturated carbocycles. The van der Waals surface area contributed by atoms with Crippen LogP contribution in [0.3, 0.4) is 0 Å². The van der Waals surface area contributed by atoms with Crippen LogP contribution < -0.4 is 5.32 Å². The molecule has 5 heteroatoms. The summed E-state index contributed by atoms with van der Waals surface area (Å²) in [5.41, 5.74) is 0.613. The lowest BCUT2D eigenvalue weighted by Gasteiger charge is -2.16. The van der Waals surface area contributed by atoms with Crippen molar-refractivity contribution < 1.29 is 13.9 Å². The second kappa shape index (κ2) is 7.41. The molecule has 0 amide bonds. The number of rotatable bonds is 7. The summed E-state index contributed by atoms with van der Waals surface area (Å²) in [7, 11) is 3.78. The van der Waals surface area contributed by atoms with E-state index in [9.17, 15) is 13.9 Å². The molecule has 0 radical (unpaired) electrons. The Hall–Kier alpha value is -1.04. The highest BCUT2D eigenvalue weighted by Gasteiger charge is 2.05. The van der Waals surface area contributed by atoms with Gasteiger partial charge in [0, 0.05) is 19.2 Å². The van der Waals surface area contributed by atoms with E-state index >= 15 is 0 Å². The summed E-state index contributed by atoms with van der Waals surface area (Å²) >= 11 is 0. The molecule has 1 atom stereocenters. The third-order valence-electron chi connectivity index (χ3n) is 2.47. The third-order valence-corrected chi connectivity index (χ3v) is 2.47. The van der Waals surface area contributed by atoms with Crippen molar-refractivity contribution in [2.24, 2.45) is 0 Å². The fourth-order valence-electron chi connectivity index (χ4n) is 1.74. The van der Waals surface area contributed by atoms with Crippen LogP contribution in [0.5, 0.6) is 0 Å². The van der Waals surface area contributed by atoms with Crippen molar-refractivity contribution in [1.29, 1.82) is 0 Å². The molecule has 0 spiro atoms. The van der Waals surface area contributed by atoms with Crippen LogP contribution in [0.2, 0.25) is 0 Å². The van der Waals surface area contributed by atoms with Crippen LogP contribution in [0.15, 0.2) is 18.2 Å².